The molecule has 2 aromatic rings. The van der Waals surface area contributed by atoms with Gasteiger partial charge >= 0.3 is 0 Å². The number of thiophene rings is 1. The minimum atomic E-state index is -3.56. The number of sulfonamides is 1. The summed E-state index contributed by atoms with van der Waals surface area (Å²) in [6.07, 6.45) is 1.97. The fourth-order valence-electron chi connectivity index (χ4n) is 1.91. The molecule has 116 valence electrons. The van der Waals surface area contributed by atoms with E-state index in [4.69, 9.17) is 5.73 Å². The molecule has 7 heteroatoms. The summed E-state index contributed by atoms with van der Waals surface area (Å²) < 4.78 is 28.9. The van der Waals surface area contributed by atoms with Crippen LogP contribution in [0.1, 0.15) is 18.7 Å². The Kier molecular flexibility index (Phi) is 4.99. The maximum absolute atomic E-state index is 12.7. The molecule has 2 rings (SSSR count). The molecule has 0 aliphatic rings. The van der Waals surface area contributed by atoms with Crippen molar-refractivity contribution < 1.29 is 8.42 Å². The van der Waals surface area contributed by atoms with Crippen LogP contribution in [0.4, 0.5) is 0 Å². The molecular weight excluding hydrogens is 324 g/mol. The molecule has 1 heterocycles. The second-order valence-electron chi connectivity index (χ2n) is 5.34. The normalized spacial score (nSPS) is 13.0. The molecule has 0 atom stereocenters. The van der Waals surface area contributed by atoms with E-state index < -0.39 is 10.0 Å². The predicted octanol–water partition coefficient (Wildman–Crippen LogP) is 2.78. The lowest BCUT2D eigenvalue weighted by Gasteiger charge is -2.22. The highest BCUT2D eigenvalue weighted by molar-refractivity contribution is 8.00. The fraction of sp³-hybridized carbons (Fsp3) is 0.429. The third-order valence-electron chi connectivity index (χ3n) is 3.31. The average Bonchev–Trinajstić information content (AvgIpc) is 2.84. The zero-order valence-electron chi connectivity index (χ0n) is 12.3. The summed E-state index contributed by atoms with van der Waals surface area (Å²) >= 11 is 3.07. The molecule has 0 radical (unpaired) electrons. The van der Waals surface area contributed by atoms with Gasteiger partial charge in [0.1, 0.15) is 4.90 Å². The average molecular weight is 345 g/mol. The largest absolute Gasteiger partial charge is 0.326 e. The quantitative estimate of drug-likeness (QED) is 0.845. The molecule has 0 amide bonds. The van der Waals surface area contributed by atoms with Crippen LogP contribution in [0.15, 0.2) is 29.2 Å². The first kappa shape index (κ1) is 16.8. The second-order valence-corrected chi connectivity index (χ2v) is 9.70. The van der Waals surface area contributed by atoms with E-state index in [9.17, 15) is 8.42 Å². The monoisotopic (exact) mass is 344 g/mol. The highest BCUT2D eigenvalue weighted by atomic mass is 32.2. The SMILES string of the molecule is CSC(C)(C)CNS(=O)(=O)c1c(CN)sc2ccccc12. The lowest BCUT2D eigenvalue weighted by atomic mass is 10.2. The minimum absolute atomic E-state index is 0.151. The van der Waals surface area contributed by atoms with Crippen molar-refractivity contribution in [2.24, 2.45) is 5.73 Å². The van der Waals surface area contributed by atoms with E-state index in [2.05, 4.69) is 4.72 Å². The van der Waals surface area contributed by atoms with E-state index in [1.165, 1.54) is 11.3 Å². The summed E-state index contributed by atoms with van der Waals surface area (Å²) in [6.45, 7) is 4.62. The third kappa shape index (κ3) is 3.60. The van der Waals surface area contributed by atoms with E-state index in [0.717, 1.165) is 10.1 Å². The van der Waals surface area contributed by atoms with Gasteiger partial charge in [0.2, 0.25) is 10.0 Å². The van der Waals surface area contributed by atoms with Gasteiger partial charge in [0.05, 0.1) is 0 Å². The van der Waals surface area contributed by atoms with Crippen molar-refractivity contribution in [1.29, 1.82) is 0 Å². The van der Waals surface area contributed by atoms with Gasteiger partial charge in [-0.3, -0.25) is 0 Å². The second kappa shape index (κ2) is 6.26. The Morgan fingerprint density at radius 2 is 2.00 bits per heavy atom. The maximum atomic E-state index is 12.7. The number of rotatable bonds is 6. The Hall–Kier alpha value is -0.600. The van der Waals surface area contributed by atoms with Crippen LogP contribution >= 0.6 is 23.1 Å². The van der Waals surface area contributed by atoms with Crippen molar-refractivity contribution in [1.82, 2.24) is 4.72 Å². The van der Waals surface area contributed by atoms with Crippen LogP contribution in [0.5, 0.6) is 0 Å². The zero-order chi connectivity index (χ0) is 15.7. The zero-order valence-corrected chi connectivity index (χ0v) is 14.8. The first-order valence-electron chi connectivity index (χ1n) is 6.56. The lowest BCUT2D eigenvalue weighted by Crippen LogP contribution is -2.36. The van der Waals surface area contributed by atoms with Crippen molar-refractivity contribution in [3.63, 3.8) is 0 Å². The van der Waals surface area contributed by atoms with Crippen LogP contribution in [0.3, 0.4) is 0 Å². The third-order valence-corrected chi connectivity index (χ3v) is 7.41. The number of benzene rings is 1. The number of nitrogens with one attached hydrogen (secondary N) is 1. The molecule has 1 aromatic heterocycles. The van der Waals surface area contributed by atoms with Gasteiger partial charge in [-0.2, -0.15) is 11.8 Å². The minimum Gasteiger partial charge on any atom is -0.326 e. The molecule has 0 aliphatic carbocycles. The molecular formula is C14H20N2O2S3. The van der Waals surface area contributed by atoms with Crippen LogP contribution in [0.25, 0.3) is 10.1 Å². The number of hydrogen-bond acceptors (Lipinski definition) is 5. The number of nitrogens with two attached hydrogens (primary N) is 1. The van der Waals surface area contributed by atoms with E-state index >= 15 is 0 Å². The molecule has 1 aromatic carbocycles. The number of hydrogen-bond donors (Lipinski definition) is 2. The summed E-state index contributed by atoms with van der Waals surface area (Å²) in [5.41, 5.74) is 5.73. The highest BCUT2D eigenvalue weighted by Gasteiger charge is 2.26. The van der Waals surface area contributed by atoms with Crippen LogP contribution < -0.4 is 10.5 Å². The summed E-state index contributed by atoms with van der Waals surface area (Å²) in [4.78, 5) is 1.04. The number of fused-ring (bicyclic) bond motifs is 1. The van der Waals surface area contributed by atoms with Gasteiger partial charge in [0.15, 0.2) is 0 Å². The maximum Gasteiger partial charge on any atom is 0.242 e. The predicted molar refractivity (Wildman–Crippen MR) is 92.5 cm³/mol. The fourth-order valence-corrected chi connectivity index (χ4v) is 5.27. The van der Waals surface area contributed by atoms with E-state index in [1.54, 1.807) is 11.8 Å². The topological polar surface area (TPSA) is 72.2 Å². The van der Waals surface area contributed by atoms with Crippen molar-refractivity contribution >= 4 is 43.2 Å². The standard InChI is InChI=1S/C14H20N2O2S3/c1-14(2,19-3)9-16-21(17,18)13-10-6-4-5-7-11(10)20-12(13)8-15/h4-7,16H,8-9,15H2,1-3H3. The van der Waals surface area contributed by atoms with Gasteiger partial charge in [-0.05, 0) is 26.2 Å². The molecule has 0 bridgehead atoms. The first-order valence-corrected chi connectivity index (χ1v) is 10.1. The molecule has 0 spiro atoms. The molecule has 0 fully saturated rings. The molecule has 4 nitrogen and oxygen atoms in total. The van der Waals surface area contributed by atoms with Crippen LogP contribution in [0.2, 0.25) is 0 Å². The molecule has 21 heavy (non-hydrogen) atoms. The summed E-state index contributed by atoms with van der Waals surface area (Å²) in [6, 6.07) is 7.50. The highest BCUT2D eigenvalue weighted by Crippen LogP contribution is 2.34. The van der Waals surface area contributed by atoms with E-state index in [0.29, 0.717) is 16.3 Å². The van der Waals surface area contributed by atoms with E-state index in [1.807, 2.05) is 44.4 Å². The number of thioether (sulfide) groups is 1. The van der Waals surface area contributed by atoms with E-state index in [-0.39, 0.29) is 11.3 Å². The van der Waals surface area contributed by atoms with Crippen molar-refractivity contribution in [2.45, 2.75) is 30.0 Å². The molecule has 0 aliphatic heterocycles. The van der Waals surface area contributed by atoms with Gasteiger partial charge in [-0.25, -0.2) is 13.1 Å². The van der Waals surface area contributed by atoms with Gasteiger partial charge in [0.25, 0.3) is 0 Å². The molecule has 0 saturated heterocycles. The Morgan fingerprint density at radius 1 is 1.33 bits per heavy atom. The van der Waals surface area contributed by atoms with Crippen LogP contribution in [-0.4, -0.2) is 26.0 Å². The molecule has 3 N–H and O–H groups in total. The van der Waals surface area contributed by atoms with Gasteiger partial charge in [0, 0.05) is 32.8 Å². The molecule has 0 saturated carbocycles. The summed E-state index contributed by atoms with van der Waals surface area (Å²) in [7, 11) is -3.56. The molecule has 0 unspecified atom stereocenters. The van der Waals surface area contributed by atoms with Crippen molar-refractivity contribution in [3.8, 4) is 0 Å². The van der Waals surface area contributed by atoms with Crippen LogP contribution in [-0.2, 0) is 16.6 Å². The van der Waals surface area contributed by atoms with Gasteiger partial charge in [-0.1, -0.05) is 18.2 Å². The Bertz CT molecular complexity index is 736. The van der Waals surface area contributed by atoms with Gasteiger partial charge < -0.3 is 5.73 Å². The smallest absolute Gasteiger partial charge is 0.242 e. The Labute approximate surface area is 134 Å². The first-order chi connectivity index (χ1) is 9.80. The Morgan fingerprint density at radius 3 is 2.62 bits per heavy atom. The van der Waals surface area contributed by atoms with Gasteiger partial charge in [-0.15, -0.1) is 11.3 Å². The Balaban J connectivity index is 2.44. The lowest BCUT2D eigenvalue weighted by molar-refractivity contribution is 0.571. The van der Waals surface area contributed by atoms with Crippen molar-refractivity contribution in [2.75, 3.05) is 12.8 Å². The summed E-state index contributed by atoms with van der Waals surface area (Å²) in [5.74, 6) is 0. The van der Waals surface area contributed by atoms with Crippen LogP contribution in [0, 0.1) is 0 Å². The summed E-state index contributed by atoms with van der Waals surface area (Å²) in [5, 5.41) is 0.748. The van der Waals surface area contributed by atoms with Crippen molar-refractivity contribution in [3.05, 3.63) is 29.1 Å².